The van der Waals surface area contributed by atoms with E-state index in [4.69, 9.17) is 0 Å². The second-order valence-electron chi connectivity index (χ2n) is 4.28. The third-order valence-electron chi connectivity index (χ3n) is 2.92. The van der Waals surface area contributed by atoms with Gasteiger partial charge in [-0.05, 0) is 18.6 Å². The predicted molar refractivity (Wildman–Crippen MR) is 78.4 cm³/mol. The summed E-state index contributed by atoms with van der Waals surface area (Å²) in [6, 6.07) is 5.45. The fourth-order valence-electron chi connectivity index (χ4n) is 1.86. The van der Waals surface area contributed by atoms with Crippen molar-refractivity contribution < 1.29 is 17.2 Å². The fraction of sp³-hybridized carbons (Fsp3) is 0.308. The topological polar surface area (TPSA) is 59.1 Å². The molecule has 0 saturated heterocycles. The Hall–Kier alpha value is -1.54. The summed E-state index contributed by atoms with van der Waals surface area (Å²) >= 11 is 1.42. The van der Waals surface area contributed by atoms with E-state index in [1.54, 1.807) is 12.3 Å². The number of hydrogen-bond acceptors (Lipinski definition) is 5. The molecule has 2 rings (SSSR count). The van der Waals surface area contributed by atoms with E-state index in [0.29, 0.717) is 6.42 Å². The van der Waals surface area contributed by atoms with Crippen LogP contribution in [-0.2, 0) is 9.84 Å². The van der Waals surface area contributed by atoms with Crippen molar-refractivity contribution in [1.29, 1.82) is 0 Å². The Balaban J connectivity index is 2.37. The molecule has 0 spiro atoms. The molecule has 0 aliphatic carbocycles. The second kappa shape index (κ2) is 6.48. The van der Waals surface area contributed by atoms with Crippen LogP contribution in [0.3, 0.4) is 0 Å². The van der Waals surface area contributed by atoms with Gasteiger partial charge in [0.1, 0.15) is 5.01 Å². The summed E-state index contributed by atoms with van der Waals surface area (Å²) in [7, 11) is -4.64. The zero-order valence-electron chi connectivity index (χ0n) is 11.2. The standard InChI is InChI=1S/C13H14F2N2O2S2/c1-2-9(12-16-7-8-20-12)17-10-5-3-4-6-11(10)21(18,19)13(14)15/h3-9,13,17H,2H2,1H3. The van der Waals surface area contributed by atoms with Crippen LogP contribution >= 0.6 is 11.3 Å². The van der Waals surface area contributed by atoms with Gasteiger partial charge in [0.25, 0.3) is 0 Å². The lowest BCUT2D eigenvalue weighted by molar-refractivity contribution is 0.235. The molecule has 2 aromatic rings. The Bertz CT molecular complexity index is 688. The maximum atomic E-state index is 12.7. The molecule has 1 unspecified atom stereocenters. The minimum absolute atomic E-state index is 0.167. The van der Waals surface area contributed by atoms with Gasteiger partial charge in [-0.15, -0.1) is 11.3 Å². The van der Waals surface area contributed by atoms with Crippen LogP contribution in [0.25, 0.3) is 0 Å². The van der Waals surface area contributed by atoms with E-state index in [-0.39, 0.29) is 11.7 Å². The smallest absolute Gasteiger partial charge is 0.341 e. The number of alkyl halides is 2. The summed E-state index contributed by atoms with van der Waals surface area (Å²) in [6.45, 7) is 1.91. The summed E-state index contributed by atoms with van der Waals surface area (Å²) < 4.78 is 48.9. The highest BCUT2D eigenvalue weighted by molar-refractivity contribution is 7.91. The first kappa shape index (κ1) is 15.8. The summed E-state index contributed by atoms with van der Waals surface area (Å²) in [5.41, 5.74) is 0.167. The number of hydrogen-bond donors (Lipinski definition) is 1. The normalized spacial score (nSPS) is 13.3. The van der Waals surface area contributed by atoms with E-state index >= 15 is 0 Å². The quantitative estimate of drug-likeness (QED) is 0.876. The number of aromatic nitrogens is 1. The van der Waals surface area contributed by atoms with Gasteiger partial charge in [0.05, 0.1) is 16.6 Å². The number of nitrogens with one attached hydrogen (secondary N) is 1. The van der Waals surface area contributed by atoms with Gasteiger partial charge in [0, 0.05) is 11.6 Å². The summed E-state index contributed by atoms with van der Waals surface area (Å²) in [5, 5.41) is 5.58. The lowest BCUT2D eigenvalue weighted by atomic mass is 10.2. The van der Waals surface area contributed by atoms with Gasteiger partial charge in [0.2, 0.25) is 9.84 Å². The Morgan fingerprint density at radius 3 is 2.62 bits per heavy atom. The Morgan fingerprint density at radius 2 is 2.05 bits per heavy atom. The van der Waals surface area contributed by atoms with Gasteiger partial charge in [-0.2, -0.15) is 8.78 Å². The van der Waals surface area contributed by atoms with Crippen LogP contribution in [0.15, 0.2) is 40.7 Å². The molecule has 0 bridgehead atoms. The number of rotatable bonds is 6. The van der Waals surface area contributed by atoms with Crippen LogP contribution in [0.5, 0.6) is 0 Å². The molecule has 0 amide bonds. The van der Waals surface area contributed by atoms with E-state index in [9.17, 15) is 17.2 Å². The van der Waals surface area contributed by atoms with Crippen LogP contribution in [0.1, 0.15) is 24.4 Å². The average molecular weight is 332 g/mol. The lowest BCUT2D eigenvalue weighted by Gasteiger charge is -2.18. The predicted octanol–water partition coefficient (Wildman–Crippen LogP) is 3.70. The van der Waals surface area contributed by atoms with E-state index < -0.39 is 20.5 Å². The Morgan fingerprint density at radius 1 is 1.33 bits per heavy atom. The van der Waals surface area contributed by atoms with Crippen molar-refractivity contribution in [3.8, 4) is 0 Å². The average Bonchev–Trinajstić information content (AvgIpc) is 2.99. The first-order chi connectivity index (χ1) is 9.96. The number of sulfone groups is 1. The van der Waals surface area contributed by atoms with Crippen LogP contribution in [0.4, 0.5) is 14.5 Å². The molecule has 1 aromatic carbocycles. The number of thiazole rings is 1. The van der Waals surface area contributed by atoms with E-state index in [0.717, 1.165) is 5.01 Å². The molecule has 0 fully saturated rings. The van der Waals surface area contributed by atoms with E-state index in [1.807, 2.05) is 12.3 Å². The molecular formula is C13H14F2N2O2S2. The number of anilines is 1. The molecule has 0 aliphatic rings. The van der Waals surface area contributed by atoms with Crippen molar-refractivity contribution in [3.05, 3.63) is 40.8 Å². The number of para-hydroxylation sites is 1. The number of nitrogens with zero attached hydrogens (tertiary/aromatic N) is 1. The van der Waals surface area contributed by atoms with Gasteiger partial charge in [-0.1, -0.05) is 19.1 Å². The van der Waals surface area contributed by atoms with E-state index in [2.05, 4.69) is 10.3 Å². The van der Waals surface area contributed by atoms with Crippen molar-refractivity contribution in [1.82, 2.24) is 4.98 Å². The van der Waals surface area contributed by atoms with Crippen molar-refractivity contribution in [2.75, 3.05) is 5.32 Å². The van der Waals surface area contributed by atoms with Gasteiger partial charge >= 0.3 is 5.76 Å². The number of benzene rings is 1. The van der Waals surface area contributed by atoms with E-state index in [1.165, 1.54) is 29.5 Å². The summed E-state index contributed by atoms with van der Waals surface area (Å²) in [5.74, 6) is -3.44. The first-order valence-corrected chi connectivity index (χ1v) is 8.66. The van der Waals surface area contributed by atoms with Crippen LogP contribution < -0.4 is 5.32 Å². The van der Waals surface area contributed by atoms with Crippen LogP contribution in [0.2, 0.25) is 0 Å². The van der Waals surface area contributed by atoms with Gasteiger partial charge in [-0.25, -0.2) is 13.4 Å². The molecule has 1 heterocycles. The molecule has 8 heteroatoms. The summed E-state index contributed by atoms with van der Waals surface area (Å²) in [6.07, 6.45) is 2.29. The molecule has 0 saturated carbocycles. The zero-order chi connectivity index (χ0) is 15.5. The van der Waals surface area contributed by atoms with Crippen molar-refractivity contribution >= 4 is 26.9 Å². The van der Waals surface area contributed by atoms with Gasteiger partial charge in [-0.3, -0.25) is 0 Å². The Kier molecular flexibility index (Phi) is 4.89. The summed E-state index contributed by atoms with van der Waals surface area (Å²) in [4.78, 5) is 3.78. The molecule has 0 radical (unpaired) electrons. The molecule has 4 nitrogen and oxygen atoms in total. The third kappa shape index (κ3) is 3.38. The van der Waals surface area contributed by atoms with Crippen molar-refractivity contribution in [2.24, 2.45) is 0 Å². The maximum Gasteiger partial charge on any atom is 0.341 e. The van der Waals surface area contributed by atoms with Crippen LogP contribution in [-0.4, -0.2) is 19.2 Å². The van der Waals surface area contributed by atoms with Crippen molar-refractivity contribution in [2.45, 2.75) is 30.0 Å². The fourth-order valence-corrected chi connectivity index (χ4v) is 3.53. The van der Waals surface area contributed by atoms with Crippen molar-refractivity contribution in [3.63, 3.8) is 0 Å². The third-order valence-corrected chi connectivity index (χ3v) is 5.24. The molecule has 0 aliphatic heterocycles. The monoisotopic (exact) mass is 332 g/mol. The minimum Gasteiger partial charge on any atom is -0.375 e. The van der Waals surface area contributed by atoms with Gasteiger partial charge < -0.3 is 5.32 Å². The molecule has 21 heavy (non-hydrogen) atoms. The highest BCUT2D eigenvalue weighted by Crippen LogP contribution is 2.30. The zero-order valence-corrected chi connectivity index (χ0v) is 12.8. The Labute approximate surface area is 125 Å². The highest BCUT2D eigenvalue weighted by atomic mass is 32.2. The molecule has 1 atom stereocenters. The van der Waals surface area contributed by atoms with Gasteiger partial charge in [0.15, 0.2) is 0 Å². The first-order valence-electron chi connectivity index (χ1n) is 6.23. The van der Waals surface area contributed by atoms with Crippen LogP contribution in [0, 0.1) is 0 Å². The highest BCUT2D eigenvalue weighted by Gasteiger charge is 2.29. The number of halogens is 2. The minimum atomic E-state index is -4.64. The lowest BCUT2D eigenvalue weighted by Crippen LogP contribution is -2.16. The SMILES string of the molecule is CCC(Nc1ccccc1S(=O)(=O)C(F)F)c1nccs1. The molecule has 1 aromatic heterocycles. The molecule has 114 valence electrons. The molecular weight excluding hydrogens is 318 g/mol. The maximum absolute atomic E-state index is 12.7. The largest absolute Gasteiger partial charge is 0.375 e. The second-order valence-corrected chi connectivity index (χ2v) is 7.09. The molecule has 1 N–H and O–H groups in total.